The Balaban J connectivity index is 2.05. The van der Waals surface area contributed by atoms with Crippen molar-refractivity contribution in [3.8, 4) is 0 Å². The summed E-state index contributed by atoms with van der Waals surface area (Å²) in [5.41, 5.74) is 0.784. The zero-order valence-corrected chi connectivity index (χ0v) is 12.8. The van der Waals surface area contributed by atoms with Crippen LogP contribution in [0.3, 0.4) is 0 Å². The molecule has 1 N–H and O–H groups in total. The second kappa shape index (κ2) is 5.85. The molecule has 1 aromatic carbocycles. The minimum Gasteiger partial charge on any atom is -0.460 e. The first-order valence-corrected chi connectivity index (χ1v) is 7.01. The molecule has 0 aliphatic rings. The zero-order chi connectivity index (χ0) is 15.6. The van der Waals surface area contributed by atoms with Crippen molar-refractivity contribution >= 4 is 17.1 Å². The van der Waals surface area contributed by atoms with E-state index in [0.29, 0.717) is 11.1 Å². The molecule has 0 saturated heterocycles. The first-order chi connectivity index (χ1) is 9.76. The summed E-state index contributed by atoms with van der Waals surface area (Å²) in [6.07, 6.45) is -0.832. The number of para-hydroxylation sites is 2. The van der Waals surface area contributed by atoms with Crippen LogP contribution in [0.5, 0.6) is 0 Å². The Morgan fingerprint density at radius 3 is 2.67 bits per heavy atom. The molecule has 0 radical (unpaired) electrons. The van der Waals surface area contributed by atoms with Crippen molar-refractivity contribution in [2.75, 3.05) is 0 Å². The van der Waals surface area contributed by atoms with Gasteiger partial charge in [-0.2, -0.15) is 0 Å². The summed E-state index contributed by atoms with van der Waals surface area (Å²) >= 11 is 0. The Morgan fingerprint density at radius 1 is 1.38 bits per heavy atom. The van der Waals surface area contributed by atoms with Gasteiger partial charge in [0.15, 0.2) is 5.58 Å². The topological polar surface area (TPSA) is 72.6 Å². The molecule has 0 aliphatic carbocycles. The monoisotopic (exact) mass is 291 g/mol. The lowest BCUT2D eigenvalue weighted by Crippen LogP contribution is -2.26. The quantitative estimate of drug-likeness (QED) is 0.875. The molecule has 21 heavy (non-hydrogen) atoms. The second-order valence-corrected chi connectivity index (χ2v) is 6.23. The van der Waals surface area contributed by atoms with Crippen LogP contribution in [0.1, 0.15) is 46.1 Å². The molecule has 5 nitrogen and oxygen atoms in total. The number of aliphatic hydroxyl groups excluding tert-OH is 1. The Labute approximate surface area is 123 Å². The minimum absolute atomic E-state index is 0.108. The Kier molecular flexibility index (Phi) is 4.32. The molecule has 0 saturated carbocycles. The Morgan fingerprint density at radius 2 is 2.05 bits per heavy atom. The summed E-state index contributed by atoms with van der Waals surface area (Å²) < 4.78 is 10.8. The SMILES string of the molecule is C[C@H](CC(=O)OC(C)(C)C)C(O)c1nc2ccccc2o1. The molecule has 1 aromatic heterocycles. The molecule has 0 amide bonds. The fourth-order valence-electron chi connectivity index (χ4n) is 2.02. The molecule has 5 heteroatoms. The fraction of sp³-hybridized carbons (Fsp3) is 0.500. The average molecular weight is 291 g/mol. The van der Waals surface area contributed by atoms with Crippen LogP contribution in [0.15, 0.2) is 28.7 Å². The van der Waals surface area contributed by atoms with E-state index in [1.165, 1.54) is 0 Å². The second-order valence-electron chi connectivity index (χ2n) is 6.23. The lowest BCUT2D eigenvalue weighted by molar-refractivity contribution is -0.156. The van der Waals surface area contributed by atoms with Crippen molar-refractivity contribution < 1.29 is 19.1 Å². The van der Waals surface area contributed by atoms with Crippen molar-refractivity contribution in [2.24, 2.45) is 5.92 Å². The van der Waals surface area contributed by atoms with E-state index in [1.807, 2.05) is 39.0 Å². The third-order valence-corrected chi connectivity index (χ3v) is 3.01. The number of nitrogens with zero attached hydrogens (tertiary/aromatic N) is 1. The first-order valence-electron chi connectivity index (χ1n) is 7.01. The normalized spacial score (nSPS) is 14.9. The van der Waals surface area contributed by atoms with E-state index in [1.54, 1.807) is 13.0 Å². The molecule has 114 valence electrons. The molecule has 0 bridgehead atoms. The van der Waals surface area contributed by atoms with Gasteiger partial charge in [-0.25, -0.2) is 4.98 Å². The van der Waals surface area contributed by atoms with Gasteiger partial charge in [-0.05, 0) is 32.9 Å². The number of hydrogen-bond acceptors (Lipinski definition) is 5. The molecule has 2 atom stereocenters. The van der Waals surface area contributed by atoms with Crippen LogP contribution < -0.4 is 0 Å². The highest BCUT2D eigenvalue weighted by atomic mass is 16.6. The average Bonchev–Trinajstić information content (AvgIpc) is 2.78. The van der Waals surface area contributed by atoms with E-state index in [0.717, 1.165) is 0 Å². The van der Waals surface area contributed by atoms with Crippen molar-refractivity contribution in [1.82, 2.24) is 4.98 Å². The van der Waals surface area contributed by atoms with Gasteiger partial charge in [0.2, 0.25) is 5.89 Å². The van der Waals surface area contributed by atoms with Crippen molar-refractivity contribution in [3.05, 3.63) is 30.2 Å². The lowest BCUT2D eigenvalue weighted by atomic mass is 10.0. The van der Waals surface area contributed by atoms with Gasteiger partial charge in [-0.3, -0.25) is 4.79 Å². The molecule has 0 fully saturated rings. The maximum Gasteiger partial charge on any atom is 0.306 e. The zero-order valence-electron chi connectivity index (χ0n) is 12.8. The third kappa shape index (κ3) is 4.04. The van der Waals surface area contributed by atoms with E-state index >= 15 is 0 Å². The van der Waals surface area contributed by atoms with Gasteiger partial charge in [0.05, 0.1) is 6.42 Å². The van der Waals surface area contributed by atoms with Crippen LogP contribution in [0, 0.1) is 5.92 Å². The number of rotatable bonds is 4. The van der Waals surface area contributed by atoms with Gasteiger partial charge in [0.25, 0.3) is 0 Å². The summed E-state index contributed by atoms with van der Waals surface area (Å²) in [5.74, 6) is -0.453. The number of fused-ring (bicyclic) bond motifs is 1. The van der Waals surface area contributed by atoms with Crippen molar-refractivity contribution in [3.63, 3.8) is 0 Å². The number of hydrogen-bond donors (Lipinski definition) is 1. The summed E-state index contributed by atoms with van der Waals surface area (Å²) in [6, 6.07) is 7.30. The van der Waals surface area contributed by atoms with Gasteiger partial charge in [-0.15, -0.1) is 0 Å². The maximum absolute atomic E-state index is 11.8. The Hall–Kier alpha value is -1.88. The van der Waals surface area contributed by atoms with Crippen molar-refractivity contribution in [2.45, 2.75) is 45.8 Å². The van der Waals surface area contributed by atoms with E-state index in [9.17, 15) is 9.90 Å². The van der Waals surface area contributed by atoms with Gasteiger partial charge >= 0.3 is 5.97 Å². The molecular weight excluding hydrogens is 270 g/mol. The maximum atomic E-state index is 11.8. The summed E-state index contributed by atoms with van der Waals surface area (Å²) in [5, 5.41) is 10.3. The standard InChI is InChI=1S/C16H21NO4/c1-10(9-13(18)21-16(2,3)4)14(19)15-17-11-7-5-6-8-12(11)20-15/h5-8,10,14,19H,9H2,1-4H3/t10-,14?/m1/s1. The molecule has 0 spiro atoms. The van der Waals surface area contributed by atoms with E-state index in [-0.39, 0.29) is 24.2 Å². The van der Waals surface area contributed by atoms with E-state index < -0.39 is 11.7 Å². The fourth-order valence-corrected chi connectivity index (χ4v) is 2.02. The summed E-state index contributed by atoms with van der Waals surface area (Å²) in [6.45, 7) is 7.20. The van der Waals surface area contributed by atoms with Crippen LogP contribution in [0.2, 0.25) is 0 Å². The predicted molar refractivity (Wildman–Crippen MR) is 78.6 cm³/mol. The van der Waals surface area contributed by atoms with E-state index in [4.69, 9.17) is 9.15 Å². The molecule has 1 heterocycles. The summed E-state index contributed by atoms with van der Waals surface area (Å²) in [4.78, 5) is 16.0. The molecule has 1 unspecified atom stereocenters. The largest absolute Gasteiger partial charge is 0.460 e. The van der Waals surface area contributed by atoms with Gasteiger partial charge in [0, 0.05) is 5.92 Å². The third-order valence-electron chi connectivity index (χ3n) is 3.01. The van der Waals surface area contributed by atoms with Crippen LogP contribution in [0.25, 0.3) is 11.1 Å². The molecule has 2 rings (SSSR count). The smallest absolute Gasteiger partial charge is 0.306 e. The summed E-state index contributed by atoms with van der Waals surface area (Å²) in [7, 11) is 0. The number of aromatic nitrogens is 1. The van der Waals surface area contributed by atoms with Gasteiger partial charge in [-0.1, -0.05) is 19.1 Å². The van der Waals surface area contributed by atoms with Crippen molar-refractivity contribution in [1.29, 1.82) is 0 Å². The van der Waals surface area contributed by atoms with Crippen LogP contribution in [-0.2, 0) is 9.53 Å². The molecular formula is C16H21NO4. The number of ether oxygens (including phenoxy) is 1. The number of oxazole rings is 1. The molecule has 2 aromatic rings. The number of esters is 1. The predicted octanol–water partition coefficient (Wildman–Crippen LogP) is 3.23. The minimum atomic E-state index is -0.940. The lowest BCUT2D eigenvalue weighted by Gasteiger charge is -2.22. The Bertz CT molecular complexity index is 593. The number of aliphatic hydroxyl groups is 1. The highest BCUT2D eigenvalue weighted by Crippen LogP contribution is 2.27. The van der Waals surface area contributed by atoms with Gasteiger partial charge in [0.1, 0.15) is 17.2 Å². The highest BCUT2D eigenvalue weighted by molar-refractivity contribution is 5.72. The number of benzene rings is 1. The van der Waals surface area contributed by atoms with Crippen LogP contribution in [0.4, 0.5) is 0 Å². The van der Waals surface area contributed by atoms with Crippen LogP contribution in [-0.4, -0.2) is 21.7 Å². The molecule has 0 aliphatic heterocycles. The highest BCUT2D eigenvalue weighted by Gasteiger charge is 2.26. The van der Waals surface area contributed by atoms with Gasteiger partial charge < -0.3 is 14.3 Å². The number of carbonyl (C=O) groups is 1. The van der Waals surface area contributed by atoms with Crippen LogP contribution >= 0.6 is 0 Å². The first kappa shape index (κ1) is 15.5. The number of carbonyl (C=O) groups excluding carboxylic acids is 1. The van der Waals surface area contributed by atoms with E-state index in [2.05, 4.69) is 4.98 Å².